The third-order valence-corrected chi connectivity index (χ3v) is 2.86. The highest BCUT2D eigenvalue weighted by Gasteiger charge is 1.97. The molecule has 1 heterocycles. The van der Waals surface area contributed by atoms with Crippen LogP contribution in [0.25, 0.3) is 0 Å². The fourth-order valence-electron chi connectivity index (χ4n) is 1.29. The van der Waals surface area contributed by atoms with Gasteiger partial charge in [-0.3, -0.25) is 0 Å². The number of benzene rings is 1. The van der Waals surface area contributed by atoms with Gasteiger partial charge in [-0.1, -0.05) is 40.2 Å². The minimum absolute atomic E-state index is 0.250. The van der Waals surface area contributed by atoms with Crippen LogP contribution < -0.4 is 5.32 Å². The van der Waals surface area contributed by atoms with E-state index in [1.165, 1.54) is 5.56 Å². The second-order valence-electron chi connectivity index (χ2n) is 3.48. The van der Waals surface area contributed by atoms with Gasteiger partial charge in [-0.15, -0.1) is 0 Å². The molecule has 1 aromatic carbocycles. The van der Waals surface area contributed by atoms with Gasteiger partial charge in [0.1, 0.15) is 5.82 Å². The molecule has 96 valence electrons. The lowest BCUT2D eigenvalue weighted by molar-refractivity contribution is 0.318. The zero-order chi connectivity index (χ0) is 13.2. The molecule has 2 N–H and O–H groups in total. The number of pyridine rings is 1. The van der Waals surface area contributed by atoms with Gasteiger partial charge in [0.25, 0.3) is 0 Å². The maximum Gasteiger partial charge on any atom is 0.126 e. The molecule has 1 aromatic heterocycles. The van der Waals surface area contributed by atoms with Gasteiger partial charge in [0.15, 0.2) is 0 Å². The summed E-state index contributed by atoms with van der Waals surface area (Å²) >= 11 is 3.51. The first-order valence-corrected chi connectivity index (χ1v) is 6.56. The molecule has 0 aliphatic carbocycles. The number of hydrogen-bond acceptors (Lipinski definition) is 3. The zero-order valence-electron chi connectivity index (χ0n) is 10.3. The van der Waals surface area contributed by atoms with Crippen molar-refractivity contribution in [2.24, 2.45) is 0 Å². The fraction of sp³-hybridized carbons (Fsp3) is 0.214. The lowest BCUT2D eigenvalue weighted by atomic mass is 10.2. The molecule has 3 nitrogen and oxygen atoms in total. The van der Waals surface area contributed by atoms with Crippen molar-refractivity contribution in [2.45, 2.75) is 13.5 Å². The number of nitrogens with one attached hydrogen (secondary N) is 1. The Morgan fingerprint density at radius 1 is 1.17 bits per heavy atom. The average Bonchev–Trinajstić information content (AvgIpc) is 2.40. The number of aliphatic hydroxyl groups is 1. The summed E-state index contributed by atoms with van der Waals surface area (Å²) in [5, 5.41) is 10.8. The Kier molecular flexibility index (Phi) is 7.06. The van der Waals surface area contributed by atoms with Crippen LogP contribution in [-0.4, -0.2) is 16.7 Å². The van der Waals surface area contributed by atoms with E-state index in [0.717, 1.165) is 16.8 Å². The van der Waals surface area contributed by atoms with Crippen LogP contribution >= 0.6 is 15.9 Å². The SMILES string of the molecule is Brc1ccccc1CNc1ccccn1.CCO. The van der Waals surface area contributed by atoms with Crippen molar-refractivity contribution >= 4 is 21.7 Å². The van der Waals surface area contributed by atoms with Crippen LogP contribution in [0, 0.1) is 0 Å². The Labute approximate surface area is 116 Å². The van der Waals surface area contributed by atoms with Crippen LogP contribution in [0.1, 0.15) is 12.5 Å². The Morgan fingerprint density at radius 3 is 2.44 bits per heavy atom. The molecule has 0 saturated carbocycles. The fourth-order valence-corrected chi connectivity index (χ4v) is 1.72. The normalized spacial score (nSPS) is 9.28. The number of rotatable bonds is 3. The molecule has 0 aliphatic rings. The van der Waals surface area contributed by atoms with Crippen molar-refractivity contribution in [1.82, 2.24) is 4.98 Å². The summed E-state index contributed by atoms with van der Waals surface area (Å²) in [7, 11) is 0. The first-order chi connectivity index (χ1) is 8.77. The van der Waals surface area contributed by atoms with Crippen LogP contribution in [0.5, 0.6) is 0 Å². The van der Waals surface area contributed by atoms with Crippen LogP contribution in [0.15, 0.2) is 53.1 Å². The number of hydrogen-bond donors (Lipinski definition) is 2. The quantitative estimate of drug-likeness (QED) is 0.913. The van der Waals surface area contributed by atoms with Gasteiger partial charge in [-0.05, 0) is 30.7 Å². The lowest BCUT2D eigenvalue weighted by Crippen LogP contribution is -2.01. The number of nitrogens with zero attached hydrogens (tertiary/aromatic N) is 1. The van der Waals surface area contributed by atoms with Gasteiger partial charge in [0.05, 0.1) is 0 Å². The maximum atomic E-state index is 7.57. The number of aliphatic hydroxyl groups excluding tert-OH is 1. The highest BCUT2D eigenvalue weighted by Crippen LogP contribution is 2.16. The molecule has 0 amide bonds. The first-order valence-electron chi connectivity index (χ1n) is 5.77. The molecule has 0 bridgehead atoms. The third kappa shape index (κ3) is 5.29. The molecule has 0 radical (unpaired) electrons. The third-order valence-electron chi connectivity index (χ3n) is 2.08. The van der Waals surface area contributed by atoms with Gasteiger partial charge in [-0.25, -0.2) is 4.98 Å². The second-order valence-corrected chi connectivity index (χ2v) is 4.33. The Hall–Kier alpha value is -1.39. The summed E-state index contributed by atoms with van der Waals surface area (Å²) < 4.78 is 1.12. The van der Waals surface area contributed by atoms with Gasteiger partial charge in [0, 0.05) is 23.8 Å². The smallest absolute Gasteiger partial charge is 0.126 e. The minimum Gasteiger partial charge on any atom is -0.397 e. The number of anilines is 1. The largest absolute Gasteiger partial charge is 0.397 e. The monoisotopic (exact) mass is 308 g/mol. The molecular formula is C14H17BrN2O. The van der Waals surface area contributed by atoms with Crippen molar-refractivity contribution in [3.05, 3.63) is 58.7 Å². The van der Waals surface area contributed by atoms with Gasteiger partial charge >= 0.3 is 0 Å². The van der Waals surface area contributed by atoms with Gasteiger partial charge < -0.3 is 10.4 Å². The highest BCUT2D eigenvalue weighted by atomic mass is 79.9. The maximum absolute atomic E-state index is 7.57. The molecule has 2 rings (SSSR count). The topological polar surface area (TPSA) is 45.2 Å². The van der Waals surface area contributed by atoms with E-state index in [1.54, 1.807) is 13.1 Å². The van der Waals surface area contributed by atoms with Crippen LogP contribution in [-0.2, 0) is 6.54 Å². The van der Waals surface area contributed by atoms with Crippen LogP contribution in [0.3, 0.4) is 0 Å². The van der Waals surface area contributed by atoms with Crippen LogP contribution in [0.2, 0.25) is 0 Å². The average molecular weight is 309 g/mol. The molecule has 0 aliphatic heterocycles. The van der Waals surface area contributed by atoms with Crippen molar-refractivity contribution in [1.29, 1.82) is 0 Å². The highest BCUT2D eigenvalue weighted by molar-refractivity contribution is 9.10. The number of aromatic nitrogens is 1. The molecule has 0 atom stereocenters. The van der Waals surface area contributed by atoms with Crippen molar-refractivity contribution in [3.8, 4) is 0 Å². The summed E-state index contributed by atoms with van der Waals surface area (Å²) in [6.07, 6.45) is 1.78. The standard InChI is InChI=1S/C12H11BrN2.C2H6O/c13-11-6-2-1-5-10(11)9-15-12-7-3-4-8-14-12;1-2-3/h1-8H,9H2,(H,14,15);3H,2H2,1H3. The summed E-state index contributed by atoms with van der Waals surface area (Å²) in [5.41, 5.74) is 1.23. The number of halogens is 1. The summed E-state index contributed by atoms with van der Waals surface area (Å²) in [6, 6.07) is 14.0. The van der Waals surface area contributed by atoms with Gasteiger partial charge in [-0.2, -0.15) is 0 Å². The molecule has 4 heteroatoms. The lowest BCUT2D eigenvalue weighted by Gasteiger charge is -2.06. The molecule has 0 unspecified atom stereocenters. The second kappa shape index (κ2) is 8.66. The van der Waals surface area contributed by atoms with E-state index >= 15 is 0 Å². The van der Waals surface area contributed by atoms with E-state index in [0.29, 0.717) is 0 Å². The van der Waals surface area contributed by atoms with E-state index < -0.39 is 0 Å². The molecule has 0 saturated heterocycles. The minimum atomic E-state index is 0.250. The zero-order valence-corrected chi connectivity index (χ0v) is 11.9. The Morgan fingerprint density at radius 2 is 1.83 bits per heavy atom. The van der Waals surface area contributed by atoms with E-state index in [-0.39, 0.29) is 6.61 Å². The molecule has 0 fully saturated rings. The predicted octanol–water partition coefficient (Wildman–Crippen LogP) is 3.45. The Balaban J connectivity index is 0.000000492. The van der Waals surface area contributed by atoms with Crippen molar-refractivity contribution in [3.63, 3.8) is 0 Å². The van der Waals surface area contributed by atoms with Crippen molar-refractivity contribution < 1.29 is 5.11 Å². The molecular weight excluding hydrogens is 292 g/mol. The summed E-state index contributed by atoms with van der Waals surface area (Å²) in [4.78, 5) is 4.20. The first kappa shape index (κ1) is 14.7. The molecule has 0 spiro atoms. The predicted molar refractivity (Wildman–Crippen MR) is 78.5 cm³/mol. The molecule has 18 heavy (non-hydrogen) atoms. The molecule has 2 aromatic rings. The summed E-state index contributed by atoms with van der Waals surface area (Å²) in [6.45, 7) is 2.71. The Bertz CT molecular complexity index is 449. The van der Waals surface area contributed by atoms with Crippen molar-refractivity contribution in [2.75, 3.05) is 11.9 Å². The van der Waals surface area contributed by atoms with Crippen LogP contribution in [0.4, 0.5) is 5.82 Å². The van der Waals surface area contributed by atoms with E-state index in [4.69, 9.17) is 5.11 Å². The van der Waals surface area contributed by atoms with E-state index in [1.807, 2.05) is 36.4 Å². The van der Waals surface area contributed by atoms with Gasteiger partial charge in [0.2, 0.25) is 0 Å². The summed E-state index contributed by atoms with van der Waals surface area (Å²) in [5.74, 6) is 0.897. The van der Waals surface area contributed by atoms with E-state index in [9.17, 15) is 0 Å². The van der Waals surface area contributed by atoms with E-state index in [2.05, 4.69) is 32.3 Å².